The molecule has 148 valence electrons. The zero-order valence-electron chi connectivity index (χ0n) is 16.4. The summed E-state index contributed by atoms with van der Waals surface area (Å²) in [5, 5.41) is 15.8. The summed E-state index contributed by atoms with van der Waals surface area (Å²) in [7, 11) is 6.51. The van der Waals surface area contributed by atoms with Crippen LogP contribution in [0.4, 0.5) is 0 Å². The van der Waals surface area contributed by atoms with Crippen LogP contribution in [-0.4, -0.2) is 46.7 Å². The van der Waals surface area contributed by atoms with Crippen LogP contribution in [0.5, 0.6) is 17.2 Å². The maximum absolute atomic E-state index is 5.45. The van der Waals surface area contributed by atoms with E-state index in [-0.39, 0.29) is 0 Å². The van der Waals surface area contributed by atoms with Crippen LogP contribution in [0.25, 0.3) is 33.8 Å². The Morgan fingerprint density at radius 2 is 1.52 bits per heavy atom. The summed E-state index contributed by atoms with van der Waals surface area (Å²) in [6, 6.07) is 11.5. The van der Waals surface area contributed by atoms with Gasteiger partial charge in [0.2, 0.25) is 5.75 Å². The first-order valence-corrected chi connectivity index (χ1v) is 8.74. The molecule has 0 N–H and O–H groups in total. The fourth-order valence-corrected chi connectivity index (χ4v) is 3.14. The van der Waals surface area contributed by atoms with Crippen LogP contribution in [0, 0.1) is 0 Å². The van der Waals surface area contributed by atoms with E-state index < -0.39 is 0 Å². The van der Waals surface area contributed by atoms with E-state index in [1.807, 2.05) is 36.4 Å². The van der Waals surface area contributed by atoms with Crippen molar-refractivity contribution in [3.8, 4) is 51.0 Å². The van der Waals surface area contributed by atoms with Crippen molar-refractivity contribution in [1.29, 1.82) is 0 Å². The third-order valence-corrected chi connectivity index (χ3v) is 4.58. The smallest absolute Gasteiger partial charge is 0.203 e. The number of benzene rings is 2. The van der Waals surface area contributed by atoms with Crippen LogP contribution in [0.2, 0.25) is 0 Å². The first-order valence-electron chi connectivity index (χ1n) is 8.74. The SMILES string of the molecule is COc1cc(-c2nocc2-c2ccc(-c3nnnn3C)cc2)cc(OC)c1OC. The molecule has 9 nitrogen and oxygen atoms in total. The van der Waals surface area contributed by atoms with E-state index in [0.717, 1.165) is 22.3 Å². The first-order chi connectivity index (χ1) is 14.2. The van der Waals surface area contributed by atoms with Gasteiger partial charge in [-0.15, -0.1) is 5.10 Å². The van der Waals surface area contributed by atoms with E-state index in [2.05, 4.69) is 20.7 Å². The molecular weight excluding hydrogens is 374 g/mol. The van der Waals surface area contributed by atoms with Gasteiger partial charge in [-0.25, -0.2) is 4.68 Å². The summed E-state index contributed by atoms with van der Waals surface area (Å²) in [6.45, 7) is 0. The summed E-state index contributed by atoms with van der Waals surface area (Å²) >= 11 is 0. The maximum atomic E-state index is 5.45. The van der Waals surface area contributed by atoms with Crippen LogP contribution in [0.3, 0.4) is 0 Å². The molecule has 0 aliphatic rings. The normalized spacial score (nSPS) is 10.8. The van der Waals surface area contributed by atoms with Gasteiger partial charge in [-0.3, -0.25) is 0 Å². The average molecular weight is 393 g/mol. The van der Waals surface area contributed by atoms with Gasteiger partial charge >= 0.3 is 0 Å². The molecule has 2 aromatic heterocycles. The topological polar surface area (TPSA) is 97.3 Å². The molecule has 0 bridgehead atoms. The van der Waals surface area contributed by atoms with Gasteiger partial charge in [0, 0.05) is 23.7 Å². The lowest BCUT2D eigenvalue weighted by molar-refractivity contribution is 0.324. The van der Waals surface area contributed by atoms with Gasteiger partial charge in [-0.2, -0.15) is 0 Å². The van der Waals surface area contributed by atoms with Crippen molar-refractivity contribution < 1.29 is 18.7 Å². The van der Waals surface area contributed by atoms with Crippen LogP contribution < -0.4 is 14.2 Å². The summed E-state index contributed by atoms with van der Waals surface area (Å²) in [5.74, 6) is 2.29. The molecule has 0 spiro atoms. The number of hydrogen-bond acceptors (Lipinski definition) is 8. The monoisotopic (exact) mass is 393 g/mol. The zero-order chi connectivity index (χ0) is 20.4. The largest absolute Gasteiger partial charge is 0.493 e. The Morgan fingerprint density at radius 1 is 0.862 bits per heavy atom. The molecule has 2 aromatic carbocycles. The first kappa shape index (κ1) is 18.5. The van der Waals surface area contributed by atoms with Crippen LogP contribution in [-0.2, 0) is 7.05 Å². The van der Waals surface area contributed by atoms with Crippen LogP contribution >= 0.6 is 0 Å². The molecule has 4 aromatic rings. The van der Waals surface area contributed by atoms with Gasteiger partial charge < -0.3 is 18.7 Å². The minimum absolute atomic E-state index is 0.519. The van der Waals surface area contributed by atoms with Crippen molar-refractivity contribution in [2.24, 2.45) is 7.05 Å². The molecule has 0 saturated heterocycles. The molecule has 0 aliphatic heterocycles. The fourth-order valence-electron chi connectivity index (χ4n) is 3.14. The van der Waals surface area contributed by atoms with Crippen molar-refractivity contribution in [2.75, 3.05) is 21.3 Å². The Labute approximate surface area is 166 Å². The fraction of sp³-hybridized carbons (Fsp3) is 0.200. The molecule has 2 heterocycles. The quantitative estimate of drug-likeness (QED) is 0.492. The van der Waals surface area contributed by atoms with E-state index in [9.17, 15) is 0 Å². The average Bonchev–Trinajstić information content (AvgIpc) is 3.42. The van der Waals surface area contributed by atoms with E-state index in [4.69, 9.17) is 18.7 Å². The van der Waals surface area contributed by atoms with Crippen molar-refractivity contribution in [3.05, 3.63) is 42.7 Å². The Morgan fingerprint density at radius 3 is 2.07 bits per heavy atom. The van der Waals surface area contributed by atoms with Crippen LogP contribution in [0.1, 0.15) is 0 Å². The zero-order valence-corrected chi connectivity index (χ0v) is 16.4. The number of aryl methyl sites for hydroxylation is 1. The third-order valence-electron chi connectivity index (χ3n) is 4.58. The molecule has 0 unspecified atom stereocenters. The molecule has 0 saturated carbocycles. The van der Waals surface area contributed by atoms with Gasteiger partial charge in [0.05, 0.1) is 21.3 Å². The second-order valence-corrected chi connectivity index (χ2v) is 6.19. The lowest BCUT2D eigenvalue weighted by Gasteiger charge is -2.13. The van der Waals surface area contributed by atoms with Gasteiger partial charge in [0.1, 0.15) is 12.0 Å². The minimum Gasteiger partial charge on any atom is -0.493 e. The predicted molar refractivity (Wildman–Crippen MR) is 105 cm³/mol. The third kappa shape index (κ3) is 3.27. The molecule has 0 fully saturated rings. The second kappa shape index (κ2) is 7.63. The molecule has 4 rings (SSSR count). The molecule has 0 radical (unpaired) electrons. The number of aromatic nitrogens is 5. The Hall–Kier alpha value is -3.88. The lowest BCUT2D eigenvalue weighted by Crippen LogP contribution is -1.96. The van der Waals surface area contributed by atoms with E-state index in [1.165, 1.54) is 0 Å². The molecule has 9 heteroatoms. The Balaban J connectivity index is 1.75. The summed E-state index contributed by atoms with van der Waals surface area (Å²) < 4.78 is 23.2. The second-order valence-electron chi connectivity index (χ2n) is 6.19. The number of hydrogen-bond donors (Lipinski definition) is 0. The summed E-state index contributed by atoms with van der Waals surface area (Å²) in [4.78, 5) is 0. The highest BCUT2D eigenvalue weighted by Crippen LogP contribution is 2.43. The van der Waals surface area contributed by atoms with Crippen molar-refractivity contribution in [1.82, 2.24) is 25.4 Å². The van der Waals surface area contributed by atoms with Crippen molar-refractivity contribution in [3.63, 3.8) is 0 Å². The lowest BCUT2D eigenvalue weighted by atomic mass is 10.00. The summed E-state index contributed by atoms with van der Waals surface area (Å²) in [5.41, 5.74) is 4.13. The molecule has 0 amide bonds. The van der Waals surface area contributed by atoms with Crippen LogP contribution in [0.15, 0.2) is 47.2 Å². The Bertz CT molecular complexity index is 1110. The number of nitrogens with zero attached hydrogens (tertiary/aromatic N) is 5. The Kier molecular flexibility index (Phi) is 4.86. The van der Waals surface area contributed by atoms with Gasteiger partial charge in [0.25, 0.3) is 0 Å². The molecule has 0 atom stereocenters. The minimum atomic E-state index is 0.519. The van der Waals surface area contributed by atoms with E-state index in [0.29, 0.717) is 28.8 Å². The number of methoxy groups -OCH3 is 3. The predicted octanol–water partition coefficient (Wildman–Crippen LogP) is 3.22. The highest BCUT2D eigenvalue weighted by molar-refractivity contribution is 5.82. The number of rotatable bonds is 6. The van der Waals surface area contributed by atoms with Gasteiger partial charge in [-0.05, 0) is 28.1 Å². The maximum Gasteiger partial charge on any atom is 0.203 e. The van der Waals surface area contributed by atoms with E-state index in [1.54, 1.807) is 39.3 Å². The van der Waals surface area contributed by atoms with E-state index >= 15 is 0 Å². The summed E-state index contributed by atoms with van der Waals surface area (Å²) in [6.07, 6.45) is 1.61. The van der Waals surface area contributed by atoms with Gasteiger partial charge in [-0.1, -0.05) is 29.4 Å². The standard InChI is InChI=1S/C20H19N5O4/c1-25-20(21-23-24-25)13-7-5-12(6-8-13)15-11-29-22-18(15)14-9-16(26-2)19(28-4)17(10-14)27-3/h5-11H,1-4H3. The molecule has 0 aliphatic carbocycles. The van der Waals surface area contributed by atoms with Crippen molar-refractivity contribution in [2.45, 2.75) is 0 Å². The van der Waals surface area contributed by atoms with Crippen molar-refractivity contribution >= 4 is 0 Å². The molecular formula is C20H19N5O4. The number of tetrazole rings is 1. The molecule has 29 heavy (non-hydrogen) atoms. The van der Waals surface area contributed by atoms with Gasteiger partial charge in [0.15, 0.2) is 17.3 Å². The highest BCUT2D eigenvalue weighted by atomic mass is 16.5. The highest BCUT2D eigenvalue weighted by Gasteiger charge is 2.19. The number of ether oxygens (including phenoxy) is 3.